The Morgan fingerprint density at radius 1 is 1.33 bits per heavy atom. The van der Waals surface area contributed by atoms with Crippen LogP contribution in [0.4, 0.5) is 0 Å². The number of nitrogens with two attached hydrogens (primary N) is 1. The predicted octanol–water partition coefficient (Wildman–Crippen LogP) is 1.86. The van der Waals surface area contributed by atoms with Gasteiger partial charge in [-0.3, -0.25) is 4.99 Å². The lowest BCUT2D eigenvalue weighted by Crippen LogP contribution is -2.38. The lowest BCUT2D eigenvalue weighted by atomic mass is 10.1. The van der Waals surface area contributed by atoms with E-state index in [1.807, 2.05) is 6.07 Å². The molecule has 0 spiro atoms. The minimum Gasteiger partial charge on any atom is -0.356 e. The highest BCUT2D eigenvalue weighted by molar-refractivity contribution is 7.89. The van der Waals surface area contributed by atoms with E-state index in [2.05, 4.69) is 39.4 Å². The van der Waals surface area contributed by atoms with E-state index in [4.69, 9.17) is 5.14 Å². The number of aliphatic imine (C=N–C) groups is 1. The molecule has 130 valence electrons. The molecule has 6 nitrogen and oxygen atoms in total. The fourth-order valence-electron chi connectivity index (χ4n) is 2.16. The fourth-order valence-corrected chi connectivity index (χ4v) is 3.53. The molecular formula is C16H22N4O2S2. The van der Waals surface area contributed by atoms with Crippen LogP contribution in [0.1, 0.15) is 24.0 Å². The van der Waals surface area contributed by atoms with Crippen molar-refractivity contribution in [2.75, 3.05) is 13.6 Å². The van der Waals surface area contributed by atoms with Crippen molar-refractivity contribution in [2.24, 2.45) is 10.1 Å². The molecule has 0 aliphatic rings. The van der Waals surface area contributed by atoms with Crippen molar-refractivity contribution in [1.29, 1.82) is 0 Å². The van der Waals surface area contributed by atoms with Gasteiger partial charge in [0.1, 0.15) is 0 Å². The van der Waals surface area contributed by atoms with Crippen LogP contribution in [0.2, 0.25) is 0 Å². The minimum atomic E-state index is -3.69. The molecular weight excluding hydrogens is 344 g/mol. The van der Waals surface area contributed by atoms with E-state index in [-0.39, 0.29) is 4.90 Å². The minimum absolute atomic E-state index is 0.107. The molecule has 0 aliphatic heterocycles. The molecule has 0 amide bonds. The van der Waals surface area contributed by atoms with Gasteiger partial charge >= 0.3 is 0 Å². The zero-order chi connectivity index (χ0) is 17.6. The Labute approximate surface area is 146 Å². The summed E-state index contributed by atoms with van der Waals surface area (Å²) >= 11 is 1.69. The third-order valence-electron chi connectivity index (χ3n) is 3.60. The van der Waals surface area contributed by atoms with Crippen molar-refractivity contribution >= 4 is 27.3 Å². The molecule has 1 unspecified atom stereocenters. The molecule has 0 saturated carbocycles. The molecule has 1 aromatic carbocycles. The van der Waals surface area contributed by atoms with Gasteiger partial charge in [0.2, 0.25) is 10.0 Å². The van der Waals surface area contributed by atoms with Crippen LogP contribution >= 0.6 is 11.3 Å². The van der Waals surface area contributed by atoms with Crippen molar-refractivity contribution < 1.29 is 8.42 Å². The van der Waals surface area contributed by atoms with E-state index in [0.29, 0.717) is 18.4 Å². The average Bonchev–Trinajstić information content (AvgIpc) is 3.09. The first-order valence-corrected chi connectivity index (χ1v) is 9.97. The highest BCUT2D eigenvalue weighted by atomic mass is 32.2. The summed E-state index contributed by atoms with van der Waals surface area (Å²) in [7, 11) is -1.99. The number of primary sulfonamides is 1. The van der Waals surface area contributed by atoms with E-state index in [0.717, 1.165) is 12.1 Å². The van der Waals surface area contributed by atoms with Crippen LogP contribution in [0.5, 0.6) is 0 Å². The molecule has 1 aromatic heterocycles. The molecule has 2 rings (SSSR count). The largest absolute Gasteiger partial charge is 0.356 e. The Balaban J connectivity index is 1.90. The Hall–Kier alpha value is -1.90. The first kappa shape index (κ1) is 18.4. The van der Waals surface area contributed by atoms with Crippen molar-refractivity contribution in [3.05, 3.63) is 52.2 Å². The SMILES string of the molecule is CN=C(NCc1cccc(S(N)(=O)=O)c1)NCC(C)c1ccsc1. The summed E-state index contributed by atoms with van der Waals surface area (Å²) in [5.74, 6) is 1.04. The summed E-state index contributed by atoms with van der Waals surface area (Å²) in [5, 5.41) is 15.8. The van der Waals surface area contributed by atoms with E-state index in [9.17, 15) is 8.42 Å². The second kappa shape index (κ2) is 8.27. The van der Waals surface area contributed by atoms with Crippen LogP contribution in [0.3, 0.4) is 0 Å². The Morgan fingerprint density at radius 3 is 2.75 bits per heavy atom. The second-order valence-corrected chi connectivity index (χ2v) is 7.80. The van der Waals surface area contributed by atoms with E-state index in [1.165, 1.54) is 11.6 Å². The third kappa shape index (κ3) is 5.33. The maximum atomic E-state index is 11.4. The highest BCUT2D eigenvalue weighted by Gasteiger charge is 2.09. The molecule has 0 bridgehead atoms. The first-order valence-electron chi connectivity index (χ1n) is 7.48. The zero-order valence-electron chi connectivity index (χ0n) is 13.7. The lowest BCUT2D eigenvalue weighted by Gasteiger charge is -2.15. The third-order valence-corrected chi connectivity index (χ3v) is 5.21. The number of hydrogen-bond acceptors (Lipinski definition) is 4. The smallest absolute Gasteiger partial charge is 0.238 e. The number of benzene rings is 1. The lowest BCUT2D eigenvalue weighted by molar-refractivity contribution is 0.597. The van der Waals surface area contributed by atoms with Crippen LogP contribution in [0.15, 0.2) is 51.0 Å². The van der Waals surface area contributed by atoms with Crippen molar-refractivity contribution in [2.45, 2.75) is 24.3 Å². The van der Waals surface area contributed by atoms with Crippen molar-refractivity contribution in [3.8, 4) is 0 Å². The average molecular weight is 367 g/mol. The molecule has 2 aromatic rings. The summed E-state index contributed by atoms with van der Waals surface area (Å²) < 4.78 is 22.8. The van der Waals surface area contributed by atoms with Gasteiger partial charge in [-0.05, 0) is 46.0 Å². The molecule has 8 heteroatoms. The van der Waals surface area contributed by atoms with Gasteiger partial charge < -0.3 is 10.6 Å². The predicted molar refractivity (Wildman–Crippen MR) is 98.8 cm³/mol. The Kier molecular flexibility index (Phi) is 6.36. The number of hydrogen-bond donors (Lipinski definition) is 3. The van der Waals surface area contributed by atoms with Gasteiger partial charge in [0, 0.05) is 20.1 Å². The van der Waals surface area contributed by atoms with Gasteiger partial charge in [-0.15, -0.1) is 0 Å². The summed E-state index contributed by atoms with van der Waals surface area (Å²) in [6, 6.07) is 8.67. The summed E-state index contributed by atoms with van der Waals surface area (Å²) in [6.45, 7) is 3.36. The maximum absolute atomic E-state index is 11.4. The van der Waals surface area contributed by atoms with E-state index in [1.54, 1.807) is 30.5 Å². The topological polar surface area (TPSA) is 96.6 Å². The number of sulfonamides is 1. The van der Waals surface area contributed by atoms with Crippen LogP contribution in [-0.2, 0) is 16.6 Å². The molecule has 0 fully saturated rings. The van der Waals surface area contributed by atoms with Crippen LogP contribution in [0, 0.1) is 0 Å². The Bertz CT molecular complexity index is 786. The number of rotatable bonds is 6. The van der Waals surface area contributed by atoms with Crippen molar-refractivity contribution in [3.63, 3.8) is 0 Å². The fraction of sp³-hybridized carbons (Fsp3) is 0.312. The highest BCUT2D eigenvalue weighted by Crippen LogP contribution is 2.17. The number of guanidine groups is 1. The van der Waals surface area contributed by atoms with E-state index < -0.39 is 10.0 Å². The summed E-state index contributed by atoms with van der Waals surface area (Å²) in [6.07, 6.45) is 0. The molecule has 4 N–H and O–H groups in total. The van der Waals surface area contributed by atoms with E-state index >= 15 is 0 Å². The molecule has 1 atom stereocenters. The molecule has 0 radical (unpaired) electrons. The zero-order valence-corrected chi connectivity index (χ0v) is 15.3. The number of thiophene rings is 1. The quantitative estimate of drug-likeness (QED) is 0.537. The molecule has 1 heterocycles. The summed E-state index contributed by atoms with van der Waals surface area (Å²) in [5.41, 5.74) is 2.11. The van der Waals surface area contributed by atoms with Crippen LogP contribution in [0.25, 0.3) is 0 Å². The second-order valence-electron chi connectivity index (χ2n) is 5.46. The molecule has 0 aliphatic carbocycles. The van der Waals surface area contributed by atoms with Crippen LogP contribution < -0.4 is 15.8 Å². The van der Waals surface area contributed by atoms with Gasteiger partial charge in [-0.25, -0.2) is 13.6 Å². The van der Waals surface area contributed by atoms with Gasteiger partial charge in [0.15, 0.2) is 5.96 Å². The van der Waals surface area contributed by atoms with Crippen LogP contribution in [-0.4, -0.2) is 28.0 Å². The number of nitrogens with zero attached hydrogens (tertiary/aromatic N) is 1. The van der Waals surface area contributed by atoms with Crippen molar-refractivity contribution in [1.82, 2.24) is 10.6 Å². The van der Waals surface area contributed by atoms with Gasteiger partial charge in [0.25, 0.3) is 0 Å². The standard InChI is InChI=1S/C16H22N4O2S2/c1-12(14-6-7-23-11-14)9-19-16(18-2)20-10-13-4-3-5-15(8-13)24(17,21)22/h3-8,11-12H,9-10H2,1-2H3,(H2,17,21,22)(H2,18,19,20). The van der Waals surface area contributed by atoms with Gasteiger partial charge in [-0.2, -0.15) is 11.3 Å². The Morgan fingerprint density at radius 2 is 2.12 bits per heavy atom. The van der Waals surface area contributed by atoms with Gasteiger partial charge in [-0.1, -0.05) is 19.1 Å². The maximum Gasteiger partial charge on any atom is 0.238 e. The molecule has 0 saturated heterocycles. The number of nitrogens with one attached hydrogen (secondary N) is 2. The normalized spacial score (nSPS) is 13.5. The first-order chi connectivity index (χ1) is 11.4. The summed E-state index contributed by atoms with van der Waals surface area (Å²) in [4.78, 5) is 4.29. The molecule has 24 heavy (non-hydrogen) atoms. The van der Waals surface area contributed by atoms with Gasteiger partial charge in [0.05, 0.1) is 4.90 Å². The monoisotopic (exact) mass is 366 g/mol.